The van der Waals surface area contributed by atoms with E-state index in [9.17, 15) is 5.11 Å². The van der Waals surface area contributed by atoms with Crippen LogP contribution in [0.25, 0.3) is 0 Å². The minimum absolute atomic E-state index is 0.117. The Labute approximate surface area is 90.7 Å². The van der Waals surface area contributed by atoms with Crippen LogP contribution in [0.1, 0.15) is 19.5 Å². The summed E-state index contributed by atoms with van der Waals surface area (Å²) in [6.45, 7) is 4.77. The number of hydrogen-bond acceptors (Lipinski definition) is 4. The lowest BCUT2D eigenvalue weighted by molar-refractivity contribution is 0.0725. The zero-order valence-electron chi connectivity index (χ0n) is 9.57. The van der Waals surface area contributed by atoms with Gasteiger partial charge in [-0.1, -0.05) is 0 Å². The molecule has 4 nitrogen and oxygen atoms in total. The number of pyridine rings is 1. The maximum Gasteiger partial charge on any atom is 0.0610 e. The SMILES string of the molecule is CN(Cc1cc(N)ccn1)C(C)(C)CO. The normalized spacial score (nSPS) is 12.1. The van der Waals surface area contributed by atoms with Crippen molar-refractivity contribution in [3.8, 4) is 0 Å². The Morgan fingerprint density at radius 3 is 2.73 bits per heavy atom. The first kappa shape index (κ1) is 11.9. The second-order valence-corrected chi connectivity index (χ2v) is 4.41. The maximum absolute atomic E-state index is 9.21. The van der Waals surface area contributed by atoms with E-state index in [-0.39, 0.29) is 12.1 Å². The lowest BCUT2D eigenvalue weighted by Gasteiger charge is -2.33. The van der Waals surface area contributed by atoms with Gasteiger partial charge in [-0.15, -0.1) is 0 Å². The van der Waals surface area contributed by atoms with Gasteiger partial charge in [0.2, 0.25) is 0 Å². The molecule has 0 aliphatic carbocycles. The van der Waals surface area contributed by atoms with E-state index in [4.69, 9.17) is 5.73 Å². The standard InChI is InChI=1S/C11H19N3O/c1-11(2,8-15)14(3)7-10-6-9(12)4-5-13-10/h4-6,15H,7-8H2,1-3H3,(H2,12,13). The zero-order valence-corrected chi connectivity index (χ0v) is 9.57. The zero-order chi connectivity index (χ0) is 11.5. The molecule has 0 amide bonds. The second-order valence-electron chi connectivity index (χ2n) is 4.41. The third-order valence-electron chi connectivity index (χ3n) is 2.66. The Morgan fingerprint density at radius 2 is 2.20 bits per heavy atom. The summed E-state index contributed by atoms with van der Waals surface area (Å²) in [5.74, 6) is 0. The number of aliphatic hydroxyl groups is 1. The van der Waals surface area contributed by atoms with Crippen LogP contribution in [0.2, 0.25) is 0 Å². The van der Waals surface area contributed by atoms with E-state index in [1.807, 2.05) is 27.0 Å². The van der Waals surface area contributed by atoms with Gasteiger partial charge < -0.3 is 10.8 Å². The molecular formula is C11H19N3O. The van der Waals surface area contributed by atoms with Crippen molar-refractivity contribution < 1.29 is 5.11 Å². The van der Waals surface area contributed by atoms with Gasteiger partial charge in [0.05, 0.1) is 12.3 Å². The van der Waals surface area contributed by atoms with Gasteiger partial charge in [-0.3, -0.25) is 9.88 Å². The van der Waals surface area contributed by atoms with Gasteiger partial charge in [0.1, 0.15) is 0 Å². The summed E-state index contributed by atoms with van der Waals surface area (Å²) in [6, 6.07) is 3.62. The van der Waals surface area contributed by atoms with E-state index in [1.54, 1.807) is 12.3 Å². The molecule has 84 valence electrons. The minimum Gasteiger partial charge on any atom is -0.399 e. The summed E-state index contributed by atoms with van der Waals surface area (Å²) in [7, 11) is 1.96. The molecular weight excluding hydrogens is 190 g/mol. The second kappa shape index (κ2) is 4.59. The lowest BCUT2D eigenvalue weighted by Crippen LogP contribution is -2.43. The largest absolute Gasteiger partial charge is 0.399 e. The molecule has 0 unspecified atom stereocenters. The highest BCUT2D eigenvalue weighted by Crippen LogP contribution is 2.14. The van der Waals surface area contributed by atoms with Crippen LogP contribution in [-0.4, -0.2) is 34.2 Å². The molecule has 0 spiro atoms. The Balaban J connectivity index is 2.70. The van der Waals surface area contributed by atoms with Crippen molar-refractivity contribution in [2.24, 2.45) is 0 Å². The molecule has 1 rings (SSSR count). The van der Waals surface area contributed by atoms with Crippen LogP contribution >= 0.6 is 0 Å². The smallest absolute Gasteiger partial charge is 0.0610 e. The van der Waals surface area contributed by atoms with Crippen LogP contribution in [0, 0.1) is 0 Å². The first-order valence-corrected chi connectivity index (χ1v) is 4.98. The van der Waals surface area contributed by atoms with Crippen molar-refractivity contribution in [1.29, 1.82) is 0 Å². The van der Waals surface area contributed by atoms with Gasteiger partial charge in [0.25, 0.3) is 0 Å². The number of aromatic nitrogens is 1. The number of nitrogens with two attached hydrogens (primary N) is 1. The van der Waals surface area contributed by atoms with Crippen molar-refractivity contribution in [3.05, 3.63) is 24.0 Å². The summed E-state index contributed by atoms with van der Waals surface area (Å²) in [4.78, 5) is 6.27. The van der Waals surface area contributed by atoms with Gasteiger partial charge in [-0.05, 0) is 33.0 Å². The number of rotatable bonds is 4. The lowest BCUT2D eigenvalue weighted by atomic mass is 10.1. The number of likely N-dealkylation sites (N-methyl/N-ethyl adjacent to an activating group) is 1. The summed E-state index contributed by atoms with van der Waals surface area (Å²) >= 11 is 0. The molecule has 4 heteroatoms. The van der Waals surface area contributed by atoms with Crippen LogP contribution in [0.15, 0.2) is 18.3 Å². The van der Waals surface area contributed by atoms with Crippen molar-refractivity contribution in [2.75, 3.05) is 19.4 Å². The van der Waals surface area contributed by atoms with Gasteiger partial charge in [-0.2, -0.15) is 0 Å². The topological polar surface area (TPSA) is 62.4 Å². The van der Waals surface area contributed by atoms with Crippen molar-refractivity contribution in [2.45, 2.75) is 25.9 Å². The number of aliphatic hydroxyl groups excluding tert-OH is 1. The third kappa shape index (κ3) is 3.18. The summed E-state index contributed by atoms with van der Waals surface area (Å²) in [6.07, 6.45) is 1.70. The van der Waals surface area contributed by atoms with Crippen LogP contribution < -0.4 is 5.73 Å². The van der Waals surface area contributed by atoms with Crippen LogP contribution in [0.3, 0.4) is 0 Å². The Hall–Kier alpha value is -1.13. The van der Waals surface area contributed by atoms with E-state index in [0.29, 0.717) is 6.54 Å². The van der Waals surface area contributed by atoms with Gasteiger partial charge in [-0.25, -0.2) is 0 Å². The predicted octanol–water partition coefficient (Wildman–Crippen LogP) is 0.867. The van der Waals surface area contributed by atoms with Crippen molar-refractivity contribution in [1.82, 2.24) is 9.88 Å². The number of anilines is 1. The first-order valence-electron chi connectivity index (χ1n) is 4.98. The molecule has 0 aromatic carbocycles. The quantitative estimate of drug-likeness (QED) is 0.772. The fraction of sp³-hybridized carbons (Fsp3) is 0.545. The molecule has 1 heterocycles. The molecule has 0 atom stereocenters. The van der Waals surface area contributed by atoms with E-state index in [2.05, 4.69) is 9.88 Å². The average Bonchev–Trinajstić information content (AvgIpc) is 2.17. The summed E-state index contributed by atoms with van der Waals surface area (Å²) < 4.78 is 0. The molecule has 1 aromatic rings. The predicted molar refractivity (Wildman–Crippen MR) is 61.3 cm³/mol. The summed E-state index contributed by atoms with van der Waals surface area (Å²) in [5.41, 5.74) is 7.06. The molecule has 0 aliphatic rings. The number of hydrogen-bond donors (Lipinski definition) is 2. The average molecular weight is 209 g/mol. The highest BCUT2D eigenvalue weighted by molar-refractivity contribution is 5.37. The van der Waals surface area contributed by atoms with Gasteiger partial charge in [0, 0.05) is 24.0 Å². The molecule has 0 fully saturated rings. The fourth-order valence-electron chi connectivity index (χ4n) is 1.16. The Morgan fingerprint density at radius 1 is 1.53 bits per heavy atom. The Kier molecular flexibility index (Phi) is 3.66. The minimum atomic E-state index is -0.244. The molecule has 3 N–H and O–H groups in total. The maximum atomic E-state index is 9.21. The number of nitrogens with zero attached hydrogens (tertiary/aromatic N) is 2. The number of nitrogen functional groups attached to an aromatic ring is 1. The van der Waals surface area contributed by atoms with E-state index in [0.717, 1.165) is 11.4 Å². The summed E-state index contributed by atoms with van der Waals surface area (Å²) in [5, 5.41) is 9.21. The molecule has 1 aromatic heterocycles. The fourth-order valence-corrected chi connectivity index (χ4v) is 1.16. The van der Waals surface area contributed by atoms with Crippen molar-refractivity contribution >= 4 is 5.69 Å². The molecule has 0 aliphatic heterocycles. The van der Waals surface area contributed by atoms with Crippen LogP contribution in [0.4, 0.5) is 5.69 Å². The molecule has 0 bridgehead atoms. The highest BCUT2D eigenvalue weighted by Gasteiger charge is 2.22. The molecule has 15 heavy (non-hydrogen) atoms. The van der Waals surface area contributed by atoms with Crippen molar-refractivity contribution in [3.63, 3.8) is 0 Å². The highest BCUT2D eigenvalue weighted by atomic mass is 16.3. The van der Waals surface area contributed by atoms with Gasteiger partial charge >= 0.3 is 0 Å². The van der Waals surface area contributed by atoms with Crippen LogP contribution in [0.5, 0.6) is 0 Å². The van der Waals surface area contributed by atoms with Crippen LogP contribution in [-0.2, 0) is 6.54 Å². The van der Waals surface area contributed by atoms with E-state index in [1.165, 1.54) is 0 Å². The Bertz CT molecular complexity index is 325. The van der Waals surface area contributed by atoms with E-state index >= 15 is 0 Å². The van der Waals surface area contributed by atoms with Gasteiger partial charge in [0.15, 0.2) is 0 Å². The van der Waals surface area contributed by atoms with E-state index < -0.39 is 0 Å². The molecule has 0 saturated carbocycles. The molecule has 0 saturated heterocycles. The molecule has 0 radical (unpaired) electrons. The first-order chi connectivity index (χ1) is 6.95. The monoisotopic (exact) mass is 209 g/mol. The third-order valence-corrected chi connectivity index (χ3v) is 2.66.